The third kappa shape index (κ3) is 2.71. The summed E-state index contributed by atoms with van der Waals surface area (Å²) in [6, 6.07) is 8.10. The van der Waals surface area contributed by atoms with Crippen LogP contribution < -0.4 is 5.32 Å². The van der Waals surface area contributed by atoms with E-state index in [-0.39, 0.29) is 11.2 Å². The third-order valence-electron chi connectivity index (χ3n) is 3.98. The van der Waals surface area contributed by atoms with Crippen LogP contribution in [-0.2, 0) is 12.8 Å². The van der Waals surface area contributed by atoms with Crippen LogP contribution in [0.15, 0.2) is 28.8 Å². The van der Waals surface area contributed by atoms with Crippen LogP contribution >= 0.6 is 0 Å². The summed E-state index contributed by atoms with van der Waals surface area (Å²) in [7, 11) is 1.89. The highest BCUT2D eigenvalue weighted by molar-refractivity contribution is 5.99. The maximum atomic E-state index is 12.4. The molecule has 0 bridgehead atoms. The Hall–Kier alpha value is -2.10. The van der Waals surface area contributed by atoms with Gasteiger partial charge < -0.3 is 9.84 Å². The van der Waals surface area contributed by atoms with Crippen molar-refractivity contribution in [1.82, 2.24) is 5.16 Å². The Morgan fingerprint density at radius 2 is 2.14 bits per heavy atom. The molecular formula is C17H20N2O2. The van der Waals surface area contributed by atoms with E-state index in [1.54, 1.807) is 0 Å². The lowest BCUT2D eigenvalue weighted by atomic mass is 9.75. The molecule has 4 heteroatoms. The molecule has 0 saturated carbocycles. The molecule has 3 rings (SSSR count). The summed E-state index contributed by atoms with van der Waals surface area (Å²) in [6.45, 7) is 4.19. The van der Waals surface area contributed by atoms with Crippen LogP contribution in [0.25, 0.3) is 0 Å². The normalized spacial score (nSPS) is 16.6. The predicted octanol–water partition coefficient (Wildman–Crippen LogP) is 3.46. The number of ketones is 1. The SMILES string of the molecule is CNc1cccc(Cc2onc3c2C(=O)CC(C)(C)C3)c1. The molecule has 21 heavy (non-hydrogen) atoms. The zero-order chi connectivity index (χ0) is 15.0. The monoisotopic (exact) mass is 284 g/mol. The zero-order valence-corrected chi connectivity index (χ0v) is 12.7. The molecule has 0 atom stereocenters. The summed E-state index contributed by atoms with van der Waals surface area (Å²) in [4.78, 5) is 12.4. The van der Waals surface area contributed by atoms with Crippen molar-refractivity contribution in [3.8, 4) is 0 Å². The van der Waals surface area contributed by atoms with Crippen LogP contribution in [0.3, 0.4) is 0 Å². The van der Waals surface area contributed by atoms with Gasteiger partial charge in [0.15, 0.2) is 11.5 Å². The summed E-state index contributed by atoms with van der Waals surface area (Å²) in [5, 5.41) is 7.25. The second kappa shape index (κ2) is 5.02. The molecule has 1 aliphatic carbocycles. The van der Waals surface area contributed by atoms with E-state index in [1.807, 2.05) is 25.2 Å². The van der Waals surface area contributed by atoms with E-state index in [0.29, 0.717) is 24.2 Å². The topological polar surface area (TPSA) is 55.1 Å². The van der Waals surface area contributed by atoms with Crippen molar-refractivity contribution in [1.29, 1.82) is 0 Å². The summed E-state index contributed by atoms with van der Waals surface area (Å²) < 4.78 is 5.47. The number of carbonyl (C=O) groups excluding carboxylic acids is 1. The number of nitrogens with zero attached hydrogens (tertiary/aromatic N) is 1. The molecule has 1 aromatic carbocycles. The van der Waals surface area contributed by atoms with Crippen molar-refractivity contribution in [2.45, 2.75) is 33.1 Å². The molecule has 1 aliphatic rings. The van der Waals surface area contributed by atoms with Gasteiger partial charge in [-0.1, -0.05) is 31.1 Å². The Morgan fingerprint density at radius 1 is 1.33 bits per heavy atom. The van der Waals surface area contributed by atoms with Crippen molar-refractivity contribution in [3.63, 3.8) is 0 Å². The number of rotatable bonds is 3. The molecule has 0 fully saturated rings. The van der Waals surface area contributed by atoms with Gasteiger partial charge in [0.1, 0.15) is 0 Å². The van der Waals surface area contributed by atoms with E-state index >= 15 is 0 Å². The molecule has 0 spiro atoms. The number of fused-ring (bicyclic) bond motifs is 1. The molecule has 0 saturated heterocycles. The van der Waals surface area contributed by atoms with Crippen molar-refractivity contribution in [3.05, 3.63) is 46.8 Å². The minimum atomic E-state index is -0.0235. The lowest BCUT2D eigenvalue weighted by Crippen LogP contribution is -2.27. The van der Waals surface area contributed by atoms with Crippen LogP contribution in [0.2, 0.25) is 0 Å². The molecule has 0 radical (unpaired) electrons. The molecule has 1 heterocycles. The summed E-state index contributed by atoms with van der Waals surface area (Å²) >= 11 is 0. The summed E-state index contributed by atoms with van der Waals surface area (Å²) in [5.41, 5.74) is 3.66. The van der Waals surface area contributed by atoms with Gasteiger partial charge >= 0.3 is 0 Å². The van der Waals surface area contributed by atoms with Gasteiger partial charge in [0.2, 0.25) is 0 Å². The lowest BCUT2D eigenvalue weighted by Gasteiger charge is -2.26. The van der Waals surface area contributed by atoms with Gasteiger partial charge in [0, 0.05) is 25.6 Å². The van der Waals surface area contributed by atoms with E-state index in [2.05, 4.69) is 30.4 Å². The zero-order valence-electron chi connectivity index (χ0n) is 12.7. The smallest absolute Gasteiger partial charge is 0.168 e. The van der Waals surface area contributed by atoms with E-state index in [0.717, 1.165) is 23.4 Å². The minimum Gasteiger partial charge on any atom is -0.388 e. The molecule has 2 aromatic rings. The molecule has 110 valence electrons. The first kappa shape index (κ1) is 13.9. The second-order valence-corrected chi connectivity index (χ2v) is 6.50. The Kier molecular flexibility index (Phi) is 3.32. The van der Waals surface area contributed by atoms with E-state index in [9.17, 15) is 4.79 Å². The number of hydrogen-bond acceptors (Lipinski definition) is 4. The predicted molar refractivity (Wildman–Crippen MR) is 81.7 cm³/mol. The fourth-order valence-electron chi connectivity index (χ4n) is 2.98. The maximum Gasteiger partial charge on any atom is 0.168 e. The van der Waals surface area contributed by atoms with E-state index < -0.39 is 0 Å². The fraction of sp³-hybridized carbons (Fsp3) is 0.412. The summed E-state index contributed by atoms with van der Waals surface area (Å²) in [6.07, 6.45) is 1.96. The van der Waals surface area contributed by atoms with Crippen LogP contribution in [0.4, 0.5) is 5.69 Å². The highest BCUT2D eigenvalue weighted by Crippen LogP contribution is 2.36. The third-order valence-corrected chi connectivity index (χ3v) is 3.98. The minimum absolute atomic E-state index is 0.0235. The number of carbonyl (C=O) groups is 1. The highest BCUT2D eigenvalue weighted by atomic mass is 16.5. The van der Waals surface area contributed by atoms with Crippen LogP contribution in [-0.4, -0.2) is 18.0 Å². The maximum absolute atomic E-state index is 12.4. The Bertz CT molecular complexity index is 686. The molecule has 4 nitrogen and oxygen atoms in total. The van der Waals surface area contributed by atoms with E-state index in [4.69, 9.17) is 4.52 Å². The first-order chi connectivity index (χ1) is 9.98. The van der Waals surface area contributed by atoms with Crippen molar-refractivity contribution in [2.24, 2.45) is 5.41 Å². The second-order valence-electron chi connectivity index (χ2n) is 6.50. The lowest BCUT2D eigenvalue weighted by molar-refractivity contribution is 0.0911. The van der Waals surface area contributed by atoms with Gasteiger partial charge in [-0.15, -0.1) is 0 Å². The molecular weight excluding hydrogens is 264 g/mol. The number of aromatic nitrogens is 1. The van der Waals surface area contributed by atoms with Gasteiger partial charge in [-0.3, -0.25) is 4.79 Å². The van der Waals surface area contributed by atoms with Gasteiger partial charge in [-0.25, -0.2) is 0 Å². The molecule has 0 aliphatic heterocycles. The number of hydrogen-bond donors (Lipinski definition) is 1. The molecule has 1 N–H and O–H groups in total. The standard InChI is InChI=1S/C17H20N2O2/c1-17(2)9-13-16(14(20)10-17)15(21-19-13)8-11-5-4-6-12(7-11)18-3/h4-7,18H,8-10H2,1-3H3. The first-order valence-corrected chi connectivity index (χ1v) is 7.26. The van der Waals surface area contributed by atoms with Gasteiger partial charge in [0.25, 0.3) is 0 Å². The molecule has 1 aromatic heterocycles. The van der Waals surface area contributed by atoms with Crippen LogP contribution in [0.5, 0.6) is 0 Å². The number of Topliss-reactive ketones (excluding diaryl/α,β-unsaturated/α-hetero) is 1. The number of nitrogens with one attached hydrogen (secondary N) is 1. The van der Waals surface area contributed by atoms with Gasteiger partial charge in [-0.05, 0) is 29.5 Å². The largest absolute Gasteiger partial charge is 0.388 e. The fourth-order valence-corrected chi connectivity index (χ4v) is 2.98. The Balaban J connectivity index is 1.91. The average molecular weight is 284 g/mol. The van der Waals surface area contributed by atoms with Crippen molar-refractivity contribution >= 4 is 11.5 Å². The highest BCUT2D eigenvalue weighted by Gasteiger charge is 2.35. The molecule has 0 amide bonds. The van der Waals surface area contributed by atoms with Crippen molar-refractivity contribution in [2.75, 3.05) is 12.4 Å². The number of anilines is 1. The van der Waals surface area contributed by atoms with Gasteiger partial charge in [-0.2, -0.15) is 0 Å². The Morgan fingerprint density at radius 3 is 2.90 bits per heavy atom. The quantitative estimate of drug-likeness (QED) is 0.937. The van der Waals surface area contributed by atoms with Crippen molar-refractivity contribution < 1.29 is 9.32 Å². The number of benzene rings is 1. The van der Waals surface area contributed by atoms with E-state index in [1.165, 1.54) is 0 Å². The first-order valence-electron chi connectivity index (χ1n) is 7.26. The molecule has 0 unspecified atom stereocenters. The summed E-state index contributed by atoms with van der Waals surface area (Å²) in [5.74, 6) is 0.848. The average Bonchev–Trinajstić information content (AvgIpc) is 2.80. The van der Waals surface area contributed by atoms with Gasteiger partial charge in [0.05, 0.1) is 11.3 Å². The van der Waals surface area contributed by atoms with Crippen LogP contribution in [0, 0.1) is 5.41 Å². The van der Waals surface area contributed by atoms with Crippen LogP contribution in [0.1, 0.15) is 47.6 Å². The Labute approximate surface area is 124 Å².